The third-order valence-electron chi connectivity index (χ3n) is 3.95. The molecular weight excluding hydrogens is 304 g/mol. The Balaban J connectivity index is 2.01. The van der Waals surface area contributed by atoms with E-state index < -0.39 is 0 Å². The summed E-state index contributed by atoms with van der Waals surface area (Å²) in [6.07, 6.45) is 7.56. The van der Waals surface area contributed by atoms with Gasteiger partial charge in [-0.05, 0) is 11.6 Å². The third-order valence-corrected chi connectivity index (χ3v) is 3.95. The lowest BCUT2D eigenvalue weighted by atomic mass is 10.2. The van der Waals surface area contributed by atoms with Crippen LogP contribution in [0.5, 0.6) is 0 Å². The second-order valence-electron chi connectivity index (χ2n) is 5.54. The number of aryl methyl sites for hydroxylation is 2. The molecule has 6 nitrogen and oxygen atoms in total. The van der Waals surface area contributed by atoms with E-state index in [2.05, 4.69) is 4.98 Å². The largest absolute Gasteiger partial charge is 0.332 e. The summed E-state index contributed by atoms with van der Waals surface area (Å²) < 4.78 is 4.17. The molecule has 1 aromatic carbocycles. The first-order valence-corrected chi connectivity index (χ1v) is 7.53. The van der Waals surface area contributed by atoms with Crippen LogP contribution in [0, 0.1) is 0 Å². The third kappa shape index (κ3) is 2.62. The number of rotatable bonds is 3. The quantitative estimate of drug-likeness (QED) is 0.690. The van der Waals surface area contributed by atoms with Crippen LogP contribution in [0.3, 0.4) is 0 Å². The maximum atomic E-state index is 12.3. The van der Waals surface area contributed by atoms with Crippen LogP contribution in [0.4, 0.5) is 0 Å². The van der Waals surface area contributed by atoms with Crippen LogP contribution in [-0.2, 0) is 21.1 Å². The predicted molar refractivity (Wildman–Crippen MR) is 95.7 cm³/mol. The normalized spacial score (nSPS) is 12.0. The second-order valence-corrected chi connectivity index (χ2v) is 5.54. The number of benzene rings is 1. The molecule has 0 N–H and O–H groups in total. The van der Waals surface area contributed by atoms with Crippen LogP contribution in [0.25, 0.3) is 23.3 Å². The smallest absolute Gasteiger partial charge is 0.322 e. The van der Waals surface area contributed by atoms with E-state index in [-0.39, 0.29) is 11.2 Å². The predicted octanol–water partition coefficient (Wildman–Crippen LogP) is 1.70. The fourth-order valence-electron chi connectivity index (χ4n) is 2.56. The summed E-state index contributed by atoms with van der Waals surface area (Å²) in [4.78, 5) is 28.7. The lowest BCUT2D eigenvalue weighted by molar-refractivity contribution is 0.705. The monoisotopic (exact) mass is 322 g/mol. The van der Waals surface area contributed by atoms with E-state index in [0.29, 0.717) is 17.0 Å². The molecule has 2 aromatic heterocycles. The number of hydrogen-bond donors (Lipinski definition) is 0. The average Bonchev–Trinajstić information content (AvgIpc) is 2.93. The molecule has 3 rings (SSSR count). The highest BCUT2D eigenvalue weighted by atomic mass is 16.2. The maximum absolute atomic E-state index is 12.3. The van der Waals surface area contributed by atoms with Crippen molar-refractivity contribution in [1.82, 2.24) is 18.7 Å². The number of allylic oxidation sites excluding steroid dienone is 2. The number of imidazole rings is 1. The van der Waals surface area contributed by atoms with Crippen LogP contribution in [-0.4, -0.2) is 18.7 Å². The fraction of sp³-hybridized carbons (Fsp3) is 0.167. The molecule has 0 unspecified atom stereocenters. The summed E-state index contributed by atoms with van der Waals surface area (Å²) in [7, 11) is 4.84. The molecule has 0 spiro atoms. The standard InChI is InChI=1S/C18H18N4O2/c1-20-14(12-8-7-11-13-9-5-4-6-10-13)19-16-15(20)17(23)22(3)18(24)21(16)2/h4-12H,1-3H3. The first-order chi connectivity index (χ1) is 11.5. The van der Waals surface area contributed by atoms with Gasteiger partial charge in [-0.15, -0.1) is 0 Å². The first kappa shape index (κ1) is 15.7. The number of fused-ring (bicyclic) bond motifs is 1. The molecule has 24 heavy (non-hydrogen) atoms. The Kier molecular flexibility index (Phi) is 4.04. The highest BCUT2D eigenvalue weighted by Gasteiger charge is 2.15. The number of aromatic nitrogens is 4. The highest BCUT2D eigenvalue weighted by molar-refractivity contribution is 5.73. The summed E-state index contributed by atoms with van der Waals surface area (Å²) >= 11 is 0. The van der Waals surface area contributed by atoms with Gasteiger partial charge in [-0.1, -0.05) is 48.6 Å². The zero-order valence-corrected chi connectivity index (χ0v) is 13.8. The molecule has 0 saturated heterocycles. The minimum Gasteiger partial charge on any atom is -0.322 e. The molecule has 0 fully saturated rings. The van der Waals surface area contributed by atoms with E-state index in [1.807, 2.05) is 54.6 Å². The van der Waals surface area contributed by atoms with Gasteiger partial charge < -0.3 is 4.57 Å². The van der Waals surface area contributed by atoms with Gasteiger partial charge in [-0.25, -0.2) is 9.78 Å². The van der Waals surface area contributed by atoms with Crippen molar-refractivity contribution in [3.05, 3.63) is 74.7 Å². The van der Waals surface area contributed by atoms with Gasteiger partial charge in [0, 0.05) is 21.1 Å². The number of nitrogens with zero attached hydrogens (tertiary/aromatic N) is 4. The van der Waals surface area contributed by atoms with Crippen LogP contribution < -0.4 is 11.2 Å². The summed E-state index contributed by atoms with van der Waals surface area (Å²) in [5, 5.41) is 0. The van der Waals surface area contributed by atoms with Crippen LogP contribution >= 0.6 is 0 Å². The van der Waals surface area contributed by atoms with E-state index in [1.54, 1.807) is 18.7 Å². The van der Waals surface area contributed by atoms with Gasteiger partial charge in [0.2, 0.25) is 0 Å². The Morgan fingerprint density at radius 2 is 1.54 bits per heavy atom. The molecule has 0 radical (unpaired) electrons. The van der Waals surface area contributed by atoms with Gasteiger partial charge in [0.15, 0.2) is 11.2 Å². The van der Waals surface area contributed by atoms with E-state index in [1.165, 1.54) is 11.6 Å². The Bertz CT molecular complexity index is 1070. The Hall–Kier alpha value is -3.15. The minimum absolute atomic E-state index is 0.345. The van der Waals surface area contributed by atoms with Gasteiger partial charge in [0.05, 0.1) is 0 Å². The first-order valence-electron chi connectivity index (χ1n) is 7.53. The zero-order chi connectivity index (χ0) is 17.3. The van der Waals surface area contributed by atoms with Crippen molar-refractivity contribution >= 4 is 23.3 Å². The van der Waals surface area contributed by atoms with Crippen LogP contribution in [0.15, 0.2) is 52.1 Å². The van der Waals surface area contributed by atoms with Crippen molar-refractivity contribution < 1.29 is 0 Å². The maximum Gasteiger partial charge on any atom is 0.332 e. The molecular formula is C18H18N4O2. The lowest BCUT2D eigenvalue weighted by Crippen LogP contribution is -2.37. The van der Waals surface area contributed by atoms with Gasteiger partial charge >= 0.3 is 5.69 Å². The summed E-state index contributed by atoms with van der Waals surface area (Å²) in [6, 6.07) is 9.95. The fourth-order valence-corrected chi connectivity index (χ4v) is 2.56. The van der Waals surface area contributed by atoms with Crippen molar-refractivity contribution in [2.24, 2.45) is 21.1 Å². The molecule has 0 aliphatic heterocycles. The topological polar surface area (TPSA) is 61.8 Å². The van der Waals surface area contributed by atoms with E-state index in [4.69, 9.17) is 0 Å². The van der Waals surface area contributed by atoms with Gasteiger partial charge in [-0.3, -0.25) is 13.9 Å². The average molecular weight is 322 g/mol. The van der Waals surface area contributed by atoms with Gasteiger partial charge in [0.25, 0.3) is 5.56 Å². The van der Waals surface area contributed by atoms with Gasteiger partial charge in [-0.2, -0.15) is 0 Å². The minimum atomic E-state index is -0.384. The van der Waals surface area contributed by atoms with E-state index in [9.17, 15) is 9.59 Å². The lowest BCUT2D eigenvalue weighted by Gasteiger charge is -2.02. The molecule has 0 saturated carbocycles. The Labute approximate surface area is 138 Å². The zero-order valence-electron chi connectivity index (χ0n) is 13.8. The Morgan fingerprint density at radius 1 is 0.875 bits per heavy atom. The summed E-state index contributed by atoms with van der Waals surface area (Å²) in [5.41, 5.74) is 1.17. The molecule has 6 heteroatoms. The SMILES string of the molecule is Cn1c(=O)c2c(nc(C=CC=Cc3ccccc3)n2C)n(C)c1=O. The highest BCUT2D eigenvalue weighted by Crippen LogP contribution is 2.10. The molecule has 2 heterocycles. The Morgan fingerprint density at radius 3 is 2.25 bits per heavy atom. The molecule has 0 amide bonds. The van der Waals surface area contributed by atoms with Crippen molar-refractivity contribution in [2.75, 3.05) is 0 Å². The second kappa shape index (κ2) is 6.16. The molecule has 0 atom stereocenters. The van der Waals surface area contributed by atoms with Crippen molar-refractivity contribution in [2.45, 2.75) is 0 Å². The summed E-state index contributed by atoms with van der Waals surface area (Å²) in [6.45, 7) is 0. The molecule has 0 aliphatic rings. The number of hydrogen-bond acceptors (Lipinski definition) is 3. The van der Waals surface area contributed by atoms with Crippen LogP contribution in [0.1, 0.15) is 11.4 Å². The van der Waals surface area contributed by atoms with Crippen molar-refractivity contribution in [3.63, 3.8) is 0 Å². The molecule has 0 aliphatic carbocycles. The van der Waals surface area contributed by atoms with E-state index >= 15 is 0 Å². The van der Waals surface area contributed by atoms with Crippen molar-refractivity contribution in [3.8, 4) is 0 Å². The van der Waals surface area contributed by atoms with Crippen molar-refractivity contribution in [1.29, 1.82) is 0 Å². The van der Waals surface area contributed by atoms with Crippen LogP contribution in [0.2, 0.25) is 0 Å². The molecule has 3 aromatic rings. The molecule has 122 valence electrons. The summed E-state index contributed by atoms with van der Waals surface area (Å²) in [5.74, 6) is 0.612. The molecule has 0 bridgehead atoms. The van der Waals surface area contributed by atoms with E-state index in [0.717, 1.165) is 10.1 Å². The van der Waals surface area contributed by atoms with Gasteiger partial charge in [0.1, 0.15) is 5.82 Å².